The predicted octanol–water partition coefficient (Wildman–Crippen LogP) is 2.95. The second kappa shape index (κ2) is 6.54. The van der Waals surface area contributed by atoms with Crippen molar-refractivity contribution >= 4 is 22.9 Å². The van der Waals surface area contributed by atoms with Gasteiger partial charge in [0.05, 0.1) is 12.7 Å². The Bertz CT molecular complexity index is 671. The van der Waals surface area contributed by atoms with Crippen molar-refractivity contribution in [1.82, 2.24) is 4.98 Å². The lowest BCUT2D eigenvalue weighted by Gasteiger charge is -2.15. The van der Waals surface area contributed by atoms with Crippen molar-refractivity contribution < 1.29 is 4.74 Å². The van der Waals surface area contributed by atoms with Gasteiger partial charge >= 0.3 is 0 Å². The Morgan fingerprint density at radius 3 is 2.71 bits per heavy atom. The van der Waals surface area contributed by atoms with E-state index in [1.54, 1.807) is 7.11 Å². The van der Waals surface area contributed by atoms with Crippen LogP contribution in [0, 0.1) is 13.8 Å². The molecule has 1 aromatic heterocycles. The number of thiocarbonyl (C=S) groups is 1. The lowest BCUT2D eigenvalue weighted by atomic mass is 10.1. The third kappa shape index (κ3) is 3.49. The molecule has 0 aliphatic heterocycles. The van der Waals surface area contributed by atoms with Gasteiger partial charge in [-0.3, -0.25) is 4.98 Å². The Hall–Kier alpha value is -2.14. The quantitative estimate of drug-likeness (QED) is 0.832. The van der Waals surface area contributed by atoms with Crippen LogP contribution in [0.4, 0.5) is 5.69 Å². The molecular weight excluding hydrogens is 282 g/mol. The van der Waals surface area contributed by atoms with Crippen LogP contribution in [0.5, 0.6) is 5.75 Å². The third-order valence-corrected chi connectivity index (χ3v) is 3.44. The summed E-state index contributed by atoms with van der Waals surface area (Å²) >= 11 is 5.13. The average Bonchev–Trinajstić information content (AvgIpc) is 2.44. The SMILES string of the molecule is COc1ccccc1CNc1cc(C)nc(C)c1C(N)=S. The minimum absolute atomic E-state index is 0.350. The van der Waals surface area contributed by atoms with Gasteiger partial charge < -0.3 is 15.8 Å². The standard InChI is InChI=1S/C16H19N3OS/c1-10-8-13(15(16(17)21)11(2)19-10)18-9-12-6-4-5-7-14(12)20-3/h4-8H,9H2,1-3H3,(H2,17,21)(H,18,19). The fourth-order valence-corrected chi connectivity index (χ4v) is 2.58. The average molecular weight is 301 g/mol. The summed E-state index contributed by atoms with van der Waals surface area (Å²) in [6.07, 6.45) is 0. The van der Waals surface area contributed by atoms with Crippen LogP contribution in [0.15, 0.2) is 30.3 Å². The van der Waals surface area contributed by atoms with E-state index in [9.17, 15) is 0 Å². The molecule has 0 fully saturated rings. The molecule has 4 nitrogen and oxygen atoms in total. The molecule has 1 heterocycles. The summed E-state index contributed by atoms with van der Waals surface area (Å²) in [5.74, 6) is 0.851. The number of aryl methyl sites for hydroxylation is 2. The lowest BCUT2D eigenvalue weighted by molar-refractivity contribution is 0.410. The smallest absolute Gasteiger partial charge is 0.123 e. The van der Waals surface area contributed by atoms with Crippen LogP contribution in [0.25, 0.3) is 0 Å². The molecule has 0 aliphatic rings. The molecule has 0 bridgehead atoms. The highest BCUT2D eigenvalue weighted by molar-refractivity contribution is 7.80. The maximum Gasteiger partial charge on any atom is 0.123 e. The number of benzene rings is 1. The van der Waals surface area contributed by atoms with Crippen molar-refractivity contribution in [3.05, 3.63) is 52.8 Å². The van der Waals surface area contributed by atoms with E-state index in [0.717, 1.165) is 34.0 Å². The van der Waals surface area contributed by atoms with E-state index < -0.39 is 0 Å². The maximum atomic E-state index is 5.82. The fourth-order valence-electron chi connectivity index (χ4n) is 2.32. The number of aromatic nitrogens is 1. The monoisotopic (exact) mass is 301 g/mol. The second-order valence-corrected chi connectivity index (χ2v) is 5.24. The van der Waals surface area contributed by atoms with Crippen LogP contribution in [0.1, 0.15) is 22.5 Å². The highest BCUT2D eigenvalue weighted by atomic mass is 32.1. The summed E-state index contributed by atoms with van der Waals surface area (Å²) in [4.78, 5) is 4.76. The van der Waals surface area contributed by atoms with Crippen molar-refractivity contribution in [2.75, 3.05) is 12.4 Å². The number of nitrogens with one attached hydrogen (secondary N) is 1. The Morgan fingerprint density at radius 2 is 2.05 bits per heavy atom. The van der Waals surface area contributed by atoms with Gasteiger partial charge in [0, 0.05) is 29.2 Å². The van der Waals surface area contributed by atoms with E-state index in [2.05, 4.69) is 10.3 Å². The van der Waals surface area contributed by atoms with E-state index >= 15 is 0 Å². The van der Waals surface area contributed by atoms with Gasteiger partial charge in [-0.25, -0.2) is 0 Å². The van der Waals surface area contributed by atoms with Gasteiger partial charge in [0.25, 0.3) is 0 Å². The van der Waals surface area contributed by atoms with Crippen molar-refractivity contribution in [3.63, 3.8) is 0 Å². The number of ether oxygens (including phenoxy) is 1. The Kier molecular flexibility index (Phi) is 4.75. The molecule has 0 saturated carbocycles. The van der Waals surface area contributed by atoms with Crippen LogP contribution < -0.4 is 15.8 Å². The summed E-state index contributed by atoms with van der Waals surface area (Å²) in [7, 11) is 1.67. The van der Waals surface area contributed by atoms with E-state index in [1.807, 2.05) is 44.2 Å². The van der Waals surface area contributed by atoms with Crippen LogP contribution in [0.3, 0.4) is 0 Å². The first kappa shape index (κ1) is 15.3. The zero-order chi connectivity index (χ0) is 15.4. The van der Waals surface area contributed by atoms with Crippen molar-refractivity contribution in [2.24, 2.45) is 5.73 Å². The Balaban J connectivity index is 2.30. The molecule has 5 heteroatoms. The number of para-hydroxylation sites is 1. The number of anilines is 1. The molecule has 0 atom stereocenters. The second-order valence-electron chi connectivity index (χ2n) is 4.80. The molecule has 1 aromatic carbocycles. The van der Waals surface area contributed by atoms with Gasteiger partial charge in [-0.15, -0.1) is 0 Å². The zero-order valence-electron chi connectivity index (χ0n) is 12.4. The van der Waals surface area contributed by atoms with Crippen LogP contribution in [0.2, 0.25) is 0 Å². The van der Waals surface area contributed by atoms with Crippen molar-refractivity contribution in [3.8, 4) is 5.75 Å². The Morgan fingerprint density at radius 1 is 1.33 bits per heavy atom. The number of pyridine rings is 1. The van der Waals surface area contributed by atoms with E-state index in [4.69, 9.17) is 22.7 Å². The number of nitrogens with zero attached hydrogens (tertiary/aromatic N) is 1. The van der Waals surface area contributed by atoms with Gasteiger partial charge in [-0.05, 0) is 26.0 Å². The topological polar surface area (TPSA) is 60.2 Å². The van der Waals surface area contributed by atoms with E-state index in [-0.39, 0.29) is 0 Å². The molecule has 0 radical (unpaired) electrons. The first-order chi connectivity index (χ1) is 10.0. The number of methoxy groups -OCH3 is 1. The van der Waals surface area contributed by atoms with Gasteiger partial charge in [-0.1, -0.05) is 30.4 Å². The summed E-state index contributed by atoms with van der Waals surface area (Å²) in [5.41, 5.74) is 10.3. The molecule has 0 spiro atoms. The lowest BCUT2D eigenvalue weighted by Crippen LogP contribution is -2.16. The molecule has 0 aliphatic carbocycles. The Labute approximate surface area is 130 Å². The number of nitrogens with two attached hydrogens (primary N) is 1. The van der Waals surface area contributed by atoms with Gasteiger partial charge in [-0.2, -0.15) is 0 Å². The third-order valence-electron chi connectivity index (χ3n) is 3.24. The molecule has 110 valence electrons. The van der Waals surface area contributed by atoms with Crippen molar-refractivity contribution in [1.29, 1.82) is 0 Å². The van der Waals surface area contributed by atoms with Gasteiger partial charge in [0.2, 0.25) is 0 Å². The van der Waals surface area contributed by atoms with Crippen LogP contribution in [-0.2, 0) is 6.54 Å². The number of hydrogen-bond acceptors (Lipinski definition) is 4. The van der Waals surface area contributed by atoms with Gasteiger partial charge in [0.15, 0.2) is 0 Å². The van der Waals surface area contributed by atoms with Crippen LogP contribution >= 0.6 is 12.2 Å². The molecule has 3 N–H and O–H groups in total. The van der Waals surface area contributed by atoms with E-state index in [1.165, 1.54) is 0 Å². The molecule has 0 unspecified atom stereocenters. The fraction of sp³-hybridized carbons (Fsp3) is 0.250. The van der Waals surface area contributed by atoms with Gasteiger partial charge in [0.1, 0.15) is 10.7 Å². The van der Waals surface area contributed by atoms with E-state index in [0.29, 0.717) is 11.5 Å². The maximum absolute atomic E-state index is 5.82. The molecular formula is C16H19N3OS. The number of hydrogen-bond donors (Lipinski definition) is 2. The minimum Gasteiger partial charge on any atom is -0.496 e. The first-order valence-electron chi connectivity index (χ1n) is 6.66. The summed E-state index contributed by atoms with van der Waals surface area (Å²) in [5, 5.41) is 3.38. The summed E-state index contributed by atoms with van der Waals surface area (Å²) in [6, 6.07) is 9.85. The minimum atomic E-state index is 0.350. The first-order valence-corrected chi connectivity index (χ1v) is 7.07. The molecule has 0 saturated heterocycles. The normalized spacial score (nSPS) is 10.2. The highest BCUT2D eigenvalue weighted by Gasteiger charge is 2.11. The van der Waals surface area contributed by atoms with Crippen molar-refractivity contribution in [2.45, 2.75) is 20.4 Å². The largest absolute Gasteiger partial charge is 0.496 e. The molecule has 21 heavy (non-hydrogen) atoms. The molecule has 0 amide bonds. The predicted molar refractivity (Wildman–Crippen MR) is 89.9 cm³/mol. The highest BCUT2D eigenvalue weighted by Crippen LogP contribution is 2.23. The van der Waals surface area contributed by atoms with Crippen LogP contribution in [-0.4, -0.2) is 17.1 Å². The number of rotatable bonds is 5. The summed E-state index contributed by atoms with van der Waals surface area (Å²) in [6.45, 7) is 4.49. The summed E-state index contributed by atoms with van der Waals surface area (Å²) < 4.78 is 5.36. The molecule has 2 rings (SSSR count). The zero-order valence-corrected chi connectivity index (χ0v) is 13.3. The molecule has 2 aromatic rings.